The van der Waals surface area contributed by atoms with Gasteiger partial charge in [0.15, 0.2) is 6.61 Å². The van der Waals surface area contributed by atoms with Gasteiger partial charge < -0.3 is 15.0 Å². The van der Waals surface area contributed by atoms with Gasteiger partial charge in [-0.2, -0.15) is 0 Å². The molecule has 32 heavy (non-hydrogen) atoms. The summed E-state index contributed by atoms with van der Waals surface area (Å²) in [5.74, 6) is 0.385. The molecule has 0 spiro atoms. The fraction of sp³-hybridized carbons (Fsp3) is 0.462. The van der Waals surface area contributed by atoms with Crippen LogP contribution in [-0.4, -0.2) is 35.4 Å². The minimum absolute atomic E-state index is 0.103. The van der Waals surface area contributed by atoms with Crippen LogP contribution in [0.1, 0.15) is 55.7 Å². The number of hydrogen-bond acceptors (Lipinski definition) is 3. The molecule has 6 heteroatoms. The maximum atomic E-state index is 13.2. The van der Waals surface area contributed by atoms with E-state index in [0.29, 0.717) is 12.3 Å². The number of halogens is 1. The number of carbonyl (C=O) groups excluding carboxylic acids is 2. The van der Waals surface area contributed by atoms with E-state index in [2.05, 4.69) is 21.2 Å². The van der Waals surface area contributed by atoms with Crippen LogP contribution in [0.2, 0.25) is 0 Å². The summed E-state index contributed by atoms with van der Waals surface area (Å²) in [6.07, 6.45) is 5.53. The molecule has 0 heterocycles. The lowest BCUT2D eigenvalue weighted by molar-refractivity contribution is -0.142. The number of amides is 2. The Hall–Kier alpha value is -2.34. The van der Waals surface area contributed by atoms with E-state index in [4.69, 9.17) is 4.74 Å². The van der Waals surface area contributed by atoms with E-state index in [1.807, 2.05) is 56.3 Å². The molecule has 2 amide bonds. The maximum Gasteiger partial charge on any atom is 0.261 e. The molecule has 172 valence electrons. The van der Waals surface area contributed by atoms with Gasteiger partial charge in [0, 0.05) is 17.1 Å². The fourth-order valence-electron chi connectivity index (χ4n) is 4.04. The van der Waals surface area contributed by atoms with Gasteiger partial charge in [-0.15, -0.1) is 0 Å². The summed E-state index contributed by atoms with van der Waals surface area (Å²) in [6.45, 7) is 6.03. The van der Waals surface area contributed by atoms with E-state index in [-0.39, 0.29) is 24.5 Å². The summed E-state index contributed by atoms with van der Waals surface area (Å²) in [4.78, 5) is 27.9. The van der Waals surface area contributed by atoms with Crippen molar-refractivity contribution in [2.45, 2.75) is 71.5 Å². The second kappa shape index (κ2) is 11.5. The third-order valence-corrected chi connectivity index (χ3v) is 6.82. The molecule has 1 saturated carbocycles. The molecular weight excluding hydrogens is 468 g/mol. The molecule has 1 fully saturated rings. The number of benzene rings is 2. The van der Waals surface area contributed by atoms with E-state index < -0.39 is 6.04 Å². The van der Waals surface area contributed by atoms with Crippen molar-refractivity contribution in [3.63, 3.8) is 0 Å². The maximum absolute atomic E-state index is 13.2. The molecule has 2 aromatic carbocycles. The highest BCUT2D eigenvalue weighted by molar-refractivity contribution is 9.10. The van der Waals surface area contributed by atoms with Crippen LogP contribution < -0.4 is 10.1 Å². The van der Waals surface area contributed by atoms with Crippen LogP contribution in [0.15, 0.2) is 46.9 Å². The van der Waals surface area contributed by atoms with Crippen LogP contribution >= 0.6 is 15.9 Å². The van der Waals surface area contributed by atoms with Gasteiger partial charge in [-0.1, -0.05) is 59.5 Å². The molecular formula is C26H33BrN2O3. The van der Waals surface area contributed by atoms with Gasteiger partial charge in [0.2, 0.25) is 5.91 Å². The zero-order valence-electron chi connectivity index (χ0n) is 19.2. The van der Waals surface area contributed by atoms with Crippen LogP contribution in [0.4, 0.5) is 0 Å². The summed E-state index contributed by atoms with van der Waals surface area (Å²) in [6, 6.07) is 13.2. The standard InChI is InChI=1S/C26H33BrN2O3/c1-18-8-7-11-24(19(18)2)32-17-25(30)29(16-21-12-14-22(27)15-13-21)20(3)26(31)28-23-9-5-4-6-10-23/h7-8,11-15,20,23H,4-6,9-10,16-17H2,1-3H3,(H,28,31)/t20-/m0/s1. The molecule has 0 aromatic heterocycles. The van der Waals surface area contributed by atoms with Crippen molar-refractivity contribution in [3.8, 4) is 5.75 Å². The second-order valence-electron chi connectivity index (χ2n) is 8.65. The van der Waals surface area contributed by atoms with Crippen molar-refractivity contribution in [1.82, 2.24) is 10.2 Å². The highest BCUT2D eigenvalue weighted by Gasteiger charge is 2.28. The largest absolute Gasteiger partial charge is 0.483 e. The van der Waals surface area contributed by atoms with Gasteiger partial charge in [-0.3, -0.25) is 9.59 Å². The number of nitrogens with one attached hydrogen (secondary N) is 1. The summed E-state index contributed by atoms with van der Waals surface area (Å²) in [5, 5.41) is 3.16. The number of rotatable bonds is 8. The number of aryl methyl sites for hydroxylation is 1. The smallest absolute Gasteiger partial charge is 0.261 e. The molecule has 0 aliphatic heterocycles. The van der Waals surface area contributed by atoms with Crippen molar-refractivity contribution in [2.75, 3.05) is 6.61 Å². The predicted octanol–water partition coefficient (Wildman–Crippen LogP) is 5.31. The van der Waals surface area contributed by atoms with Gasteiger partial charge in [-0.25, -0.2) is 0 Å². The van der Waals surface area contributed by atoms with Crippen molar-refractivity contribution < 1.29 is 14.3 Å². The van der Waals surface area contributed by atoms with Gasteiger partial charge in [0.25, 0.3) is 5.91 Å². The molecule has 0 unspecified atom stereocenters. The highest BCUT2D eigenvalue weighted by atomic mass is 79.9. The van der Waals surface area contributed by atoms with Gasteiger partial charge in [-0.05, 0) is 68.5 Å². The average Bonchev–Trinajstić information content (AvgIpc) is 2.79. The summed E-state index contributed by atoms with van der Waals surface area (Å²) < 4.78 is 6.84. The Morgan fingerprint density at radius 2 is 1.78 bits per heavy atom. The van der Waals surface area contributed by atoms with E-state index in [1.54, 1.807) is 11.8 Å². The van der Waals surface area contributed by atoms with Crippen LogP contribution in [0.25, 0.3) is 0 Å². The Kier molecular flexibility index (Phi) is 8.74. The second-order valence-corrected chi connectivity index (χ2v) is 9.57. The van der Waals surface area contributed by atoms with Gasteiger partial charge in [0.1, 0.15) is 11.8 Å². The quantitative estimate of drug-likeness (QED) is 0.534. The minimum atomic E-state index is -0.588. The topological polar surface area (TPSA) is 58.6 Å². The molecule has 3 rings (SSSR count). The number of ether oxygens (including phenoxy) is 1. The summed E-state index contributed by atoms with van der Waals surface area (Å²) in [5.41, 5.74) is 3.09. The van der Waals surface area contributed by atoms with Crippen LogP contribution in [0, 0.1) is 13.8 Å². The lowest BCUT2D eigenvalue weighted by Crippen LogP contribution is -2.51. The Morgan fingerprint density at radius 3 is 2.47 bits per heavy atom. The van der Waals surface area contributed by atoms with Gasteiger partial charge in [0.05, 0.1) is 0 Å². The Balaban J connectivity index is 1.72. The van der Waals surface area contributed by atoms with Crippen LogP contribution in [-0.2, 0) is 16.1 Å². The summed E-state index contributed by atoms with van der Waals surface area (Å²) >= 11 is 3.45. The average molecular weight is 501 g/mol. The first-order valence-electron chi connectivity index (χ1n) is 11.4. The first-order valence-corrected chi connectivity index (χ1v) is 12.2. The van der Waals surface area contributed by atoms with E-state index in [0.717, 1.165) is 46.8 Å². The molecule has 0 radical (unpaired) electrons. The number of carbonyl (C=O) groups is 2. The molecule has 5 nitrogen and oxygen atoms in total. The van der Waals surface area contributed by atoms with Crippen LogP contribution in [0.3, 0.4) is 0 Å². The zero-order valence-corrected chi connectivity index (χ0v) is 20.8. The lowest BCUT2D eigenvalue weighted by atomic mass is 9.95. The molecule has 0 saturated heterocycles. The van der Waals surface area contributed by atoms with E-state index in [1.165, 1.54) is 6.42 Å². The first kappa shape index (κ1) is 24.3. The lowest BCUT2D eigenvalue weighted by Gasteiger charge is -2.31. The van der Waals surface area contributed by atoms with Crippen molar-refractivity contribution in [3.05, 3.63) is 63.6 Å². The molecule has 1 aliphatic carbocycles. The Bertz CT molecular complexity index is 923. The Labute approximate surface area is 199 Å². The van der Waals surface area contributed by atoms with E-state index >= 15 is 0 Å². The molecule has 0 bridgehead atoms. The Morgan fingerprint density at radius 1 is 1.09 bits per heavy atom. The van der Waals surface area contributed by atoms with Crippen LogP contribution in [0.5, 0.6) is 5.75 Å². The third kappa shape index (κ3) is 6.58. The van der Waals surface area contributed by atoms with Crippen molar-refractivity contribution in [2.24, 2.45) is 0 Å². The van der Waals surface area contributed by atoms with Gasteiger partial charge >= 0.3 is 0 Å². The molecule has 1 N–H and O–H groups in total. The number of hydrogen-bond donors (Lipinski definition) is 1. The molecule has 1 atom stereocenters. The molecule has 1 aliphatic rings. The van der Waals surface area contributed by atoms with E-state index in [9.17, 15) is 9.59 Å². The highest BCUT2D eigenvalue weighted by Crippen LogP contribution is 2.22. The third-order valence-electron chi connectivity index (χ3n) is 6.29. The fourth-order valence-corrected chi connectivity index (χ4v) is 4.31. The summed E-state index contributed by atoms with van der Waals surface area (Å²) in [7, 11) is 0. The monoisotopic (exact) mass is 500 g/mol. The first-order chi connectivity index (χ1) is 15.3. The van der Waals surface area contributed by atoms with Crippen molar-refractivity contribution >= 4 is 27.7 Å². The minimum Gasteiger partial charge on any atom is -0.483 e. The normalized spacial score (nSPS) is 15.1. The molecule has 2 aromatic rings. The SMILES string of the molecule is Cc1cccc(OCC(=O)N(Cc2ccc(Br)cc2)[C@@H](C)C(=O)NC2CCCCC2)c1C. The zero-order chi connectivity index (χ0) is 23.1. The number of nitrogens with zero attached hydrogens (tertiary/aromatic N) is 1. The van der Waals surface area contributed by atoms with Crippen molar-refractivity contribution in [1.29, 1.82) is 0 Å². The predicted molar refractivity (Wildman–Crippen MR) is 131 cm³/mol.